The third-order valence-corrected chi connectivity index (χ3v) is 6.40. The molecule has 5 unspecified atom stereocenters. The van der Waals surface area contributed by atoms with Crippen LogP contribution in [0.15, 0.2) is 30.5 Å². The summed E-state index contributed by atoms with van der Waals surface area (Å²) in [4.78, 5) is 53.8. The molecular formula is C25H35N5O6. The zero-order chi connectivity index (χ0) is 26.4. The fourth-order valence-electron chi connectivity index (χ4n) is 4.33. The SMILES string of the molecule is CC(C)C(NC(=O)C(Cc1c[nH]c2ccccc12)NC(=O)C1CCCN1)C(=O)NC(C(=O)O)C(C)O. The Bertz CT molecular complexity index is 1090. The van der Waals surface area contributed by atoms with Gasteiger partial charge in [0.25, 0.3) is 0 Å². The second kappa shape index (κ2) is 12.0. The lowest BCUT2D eigenvalue weighted by Gasteiger charge is -2.27. The molecule has 3 amide bonds. The van der Waals surface area contributed by atoms with Crippen LogP contribution in [0.1, 0.15) is 39.2 Å². The Kier molecular flexibility index (Phi) is 9.05. The van der Waals surface area contributed by atoms with Crippen molar-refractivity contribution in [3.05, 3.63) is 36.0 Å². The highest BCUT2D eigenvalue weighted by Gasteiger charge is 2.34. The van der Waals surface area contributed by atoms with Gasteiger partial charge < -0.3 is 36.5 Å². The first-order chi connectivity index (χ1) is 17.1. The number of aromatic nitrogens is 1. The topological polar surface area (TPSA) is 173 Å². The quantitative estimate of drug-likeness (QED) is 0.228. The van der Waals surface area contributed by atoms with E-state index >= 15 is 0 Å². The molecule has 196 valence electrons. The van der Waals surface area contributed by atoms with Crippen molar-refractivity contribution < 1.29 is 29.4 Å². The number of H-pyrrole nitrogens is 1. The zero-order valence-corrected chi connectivity index (χ0v) is 20.7. The molecule has 0 bridgehead atoms. The fourth-order valence-corrected chi connectivity index (χ4v) is 4.33. The van der Waals surface area contributed by atoms with Crippen LogP contribution >= 0.6 is 0 Å². The Morgan fingerprint density at radius 1 is 1.03 bits per heavy atom. The van der Waals surface area contributed by atoms with E-state index in [1.54, 1.807) is 20.0 Å². The average Bonchev–Trinajstić information content (AvgIpc) is 3.50. The van der Waals surface area contributed by atoms with Crippen molar-refractivity contribution in [2.75, 3.05) is 6.54 Å². The molecule has 1 saturated heterocycles. The van der Waals surface area contributed by atoms with Gasteiger partial charge in [-0.3, -0.25) is 14.4 Å². The summed E-state index contributed by atoms with van der Waals surface area (Å²) in [5.41, 5.74) is 1.73. The molecule has 7 N–H and O–H groups in total. The van der Waals surface area contributed by atoms with Gasteiger partial charge in [0, 0.05) is 23.5 Å². The maximum absolute atomic E-state index is 13.4. The minimum atomic E-state index is -1.52. The number of amides is 3. The van der Waals surface area contributed by atoms with Gasteiger partial charge in [-0.1, -0.05) is 32.0 Å². The molecule has 0 saturated carbocycles. The van der Waals surface area contributed by atoms with E-state index < -0.39 is 54.0 Å². The zero-order valence-electron chi connectivity index (χ0n) is 20.7. The number of hydrogen-bond acceptors (Lipinski definition) is 6. The maximum atomic E-state index is 13.4. The summed E-state index contributed by atoms with van der Waals surface area (Å²) in [5.74, 6) is -3.37. The second-order valence-electron chi connectivity index (χ2n) is 9.57. The van der Waals surface area contributed by atoms with Crippen LogP contribution < -0.4 is 21.3 Å². The smallest absolute Gasteiger partial charge is 0.328 e. The summed E-state index contributed by atoms with van der Waals surface area (Å²) < 4.78 is 0. The third kappa shape index (κ3) is 6.61. The van der Waals surface area contributed by atoms with Gasteiger partial charge in [-0.2, -0.15) is 0 Å². The number of para-hydroxylation sites is 1. The maximum Gasteiger partial charge on any atom is 0.328 e. The predicted molar refractivity (Wildman–Crippen MR) is 133 cm³/mol. The number of benzene rings is 1. The number of aliphatic carboxylic acids is 1. The highest BCUT2D eigenvalue weighted by atomic mass is 16.4. The van der Waals surface area contributed by atoms with Crippen LogP contribution in [0.5, 0.6) is 0 Å². The Balaban J connectivity index is 1.80. The summed E-state index contributed by atoms with van der Waals surface area (Å²) in [6, 6.07) is 3.64. The summed E-state index contributed by atoms with van der Waals surface area (Å²) in [6.45, 7) is 5.39. The fraction of sp³-hybridized carbons (Fsp3) is 0.520. The summed E-state index contributed by atoms with van der Waals surface area (Å²) in [7, 11) is 0. The van der Waals surface area contributed by atoms with Crippen LogP contribution in [0.4, 0.5) is 0 Å². The van der Waals surface area contributed by atoms with Crippen LogP contribution in [-0.4, -0.2) is 75.7 Å². The minimum absolute atomic E-state index is 0.187. The van der Waals surface area contributed by atoms with Crippen LogP contribution in [-0.2, 0) is 25.6 Å². The Hall–Kier alpha value is -3.44. The van der Waals surface area contributed by atoms with E-state index in [2.05, 4.69) is 26.3 Å². The molecular weight excluding hydrogens is 466 g/mol. The molecule has 1 fully saturated rings. The van der Waals surface area contributed by atoms with Crippen LogP contribution in [0.25, 0.3) is 10.9 Å². The molecule has 11 heteroatoms. The number of carboxylic acid groups (broad SMARTS) is 1. The van der Waals surface area contributed by atoms with E-state index in [1.165, 1.54) is 6.92 Å². The first-order valence-corrected chi connectivity index (χ1v) is 12.2. The lowest BCUT2D eigenvalue weighted by atomic mass is 9.99. The standard InChI is InChI=1S/C25H35N5O6/c1-13(2)20(24(34)30-21(14(3)31)25(35)36)29-23(33)19(28-22(32)18-9-6-10-26-18)11-15-12-27-17-8-5-4-7-16(15)17/h4-5,7-8,12-14,18-21,26-27,31H,6,9-11H2,1-3H3,(H,28,32)(H,29,33)(H,30,34)(H,35,36). The molecule has 36 heavy (non-hydrogen) atoms. The van der Waals surface area contributed by atoms with Crippen LogP contribution in [0.3, 0.4) is 0 Å². The Morgan fingerprint density at radius 3 is 2.33 bits per heavy atom. The number of fused-ring (bicyclic) bond motifs is 1. The first-order valence-electron chi connectivity index (χ1n) is 12.2. The van der Waals surface area contributed by atoms with Gasteiger partial charge in [0.1, 0.15) is 12.1 Å². The molecule has 0 radical (unpaired) electrons. The van der Waals surface area contributed by atoms with E-state index in [0.717, 1.165) is 29.4 Å². The van der Waals surface area contributed by atoms with Gasteiger partial charge in [-0.05, 0) is 43.9 Å². The van der Waals surface area contributed by atoms with Gasteiger partial charge >= 0.3 is 5.97 Å². The Labute approximate surface area is 209 Å². The molecule has 11 nitrogen and oxygen atoms in total. The summed E-state index contributed by atoms with van der Waals surface area (Å²) in [6.07, 6.45) is 2.17. The van der Waals surface area contributed by atoms with Gasteiger partial charge in [0.2, 0.25) is 17.7 Å². The number of nitrogens with one attached hydrogen (secondary N) is 5. The van der Waals surface area contributed by atoms with Crippen molar-refractivity contribution >= 4 is 34.6 Å². The highest BCUT2D eigenvalue weighted by molar-refractivity contribution is 5.95. The average molecular weight is 502 g/mol. The highest BCUT2D eigenvalue weighted by Crippen LogP contribution is 2.20. The molecule has 1 aliphatic heterocycles. The van der Waals surface area contributed by atoms with E-state index in [9.17, 15) is 29.4 Å². The van der Waals surface area contributed by atoms with Crippen LogP contribution in [0.2, 0.25) is 0 Å². The molecule has 1 aromatic heterocycles. The Morgan fingerprint density at radius 2 is 1.72 bits per heavy atom. The monoisotopic (exact) mass is 501 g/mol. The van der Waals surface area contributed by atoms with Gasteiger partial charge in [-0.25, -0.2) is 4.79 Å². The molecule has 3 rings (SSSR count). The number of carboxylic acids is 1. The van der Waals surface area contributed by atoms with E-state index in [4.69, 9.17) is 0 Å². The molecule has 5 atom stereocenters. The van der Waals surface area contributed by atoms with E-state index in [0.29, 0.717) is 6.42 Å². The van der Waals surface area contributed by atoms with Crippen LogP contribution in [0, 0.1) is 5.92 Å². The molecule has 2 heterocycles. The predicted octanol–water partition coefficient (Wildman–Crippen LogP) is 0.0382. The number of hydrogen-bond donors (Lipinski definition) is 7. The molecule has 0 spiro atoms. The number of aliphatic hydroxyl groups excluding tert-OH is 1. The largest absolute Gasteiger partial charge is 0.480 e. The summed E-state index contributed by atoms with van der Waals surface area (Å²) >= 11 is 0. The third-order valence-electron chi connectivity index (χ3n) is 6.40. The first kappa shape index (κ1) is 27.2. The lowest BCUT2D eigenvalue weighted by Crippen LogP contribution is -2.59. The number of aliphatic hydroxyl groups is 1. The normalized spacial score (nSPS) is 18.9. The lowest BCUT2D eigenvalue weighted by molar-refractivity contribution is -0.145. The van der Waals surface area contributed by atoms with Crippen molar-refractivity contribution in [2.45, 2.75) is 70.3 Å². The second-order valence-corrected chi connectivity index (χ2v) is 9.57. The minimum Gasteiger partial charge on any atom is -0.480 e. The van der Waals surface area contributed by atoms with Crippen molar-refractivity contribution in [1.82, 2.24) is 26.3 Å². The van der Waals surface area contributed by atoms with E-state index in [1.807, 2.05) is 24.3 Å². The van der Waals surface area contributed by atoms with Crippen molar-refractivity contribution in [3.8, 4) is 0 Å². The van der Waals surface area contributed by atoms with Crippen molar-refractivity contribution in [1.29, 1.82) is 0 Å². The molecule has 1 aromatic carbocycles. The van der Waals surface area contributed by atoms with Crippen molar-refractivity contribution in [3.63, 3.8) is 0 Å². The van der Waals surface area contributed by atoms with Crippen molar-refractivity contribution in [2.24, 2.45) is 5.92 Å². The number of carbonyl (C=O) groups excluding carboxylic acids is 3. The van der Waals surface area contributed by atoms with Gasteiger partial charge in [0.05, 0.1) is 12.1 Å². The number of aromatic amines is 1. The summed E-state index contributed by atoms with van der Waals surface area (Å²) in [5, 5.41) is 30.9. The number of carbonyl (C=O) groups is 4. The molecule has 1 aliphatic rings. The van der Waals surface area contributed by atoms with Gasteiger partial charge in [-0.15, -0.1) is 0 Å². The van der Waals surface area contributed by atoms with Gasteiger partial charge in [0.15, 0.2) is 6.04 Å². The van der Waals surface area contributed by atoms with E-state index in [-0.39, 0.29) is 12.3 Å². The molecule has 0 aliphatic carbocycles. The number of rotatable bonds is 11. The molecule has 2 aromatic rings.